The minimum atomic E-state index is -0.834. The van der Waals surface area contributed by atoms with Gasteiger partial charge in [-0.1, -0.05) is 0 Å². The third-order valence-electron chi connectivity index (χ3n) is 2.37. The third-order valence-corrected chi connectivity index (χ3v) is 2.37. The highest BCUT2D eigenvalue weighted by atomic mass is 19.1. The molecule has 1 aromatic carbocycles. The fourth-order valence-corrected chi connectivity index (χ4v) is 1.57. The smallest absolute Gasteiger partial charge is 0.194 e. The number of morpholine rings is 1. The molecule has 0 aromatic heterocycles. The van der Waals surface area contributed by atoms with Crippen molar-refractivity contribution in [1.29, 1.82) is 0 Å². The Hall–Kier alpha value is -1.33. The van der Waals surface area contributed by atoms with E-state index in [-0.39, 0.29) is 6.10 Å². The molecule has 1 aromatic rings. The van der Waals surface area contributed by atoms with Crippen LogP contribution in [0.15, 0.2) is 12.1 Å². The SMILES string of the molecule is Oc1cc(C2CNCCO2)cc(F)c1O. The number of phenolic OH excluding ortho intramolecular Hbond substituents is 2. The Bertz CT molecular complexity index is 341. The van der Waals surface area contributed by atoms with Crippen LogP contribution in [0.4, 0.5) is 4.39 Å². The molecule has 0 bridgehead atoms. The van der Waals surface area contributed by atoms with E-state index in [2.05, 4.69) is 5.32 Å². The third kappa shape index (κ3) is 2.03. The molecule has 1 fully saturated rings. The lowest BCUT2D eigenvalue weighted by atomic mass is 10.1. The van der Waals surface area contributed by atoms with Crippen molar-refractivity contribution in [2.75, 3.05) is 19.7 Å². The molecule has 0 radical (unpaired) electrons. The van der Waals surface area contributed by atoms with Gasteiger partial charge < -0.3 is 20.3 Å². The molecule has 1 saturated heterocycles. The highest BCUT2D eigenvalue weighted by molar-refractivity contribution is 5.42. The molecule has 0 amide bonds. The second kappa shape index (κ2) is 4.04. The van der Waals surface area contributed by atoms with E-state index < -0.39 is 17.3 Å². The van der Waals surface area contributed by atoms with Gasteiger partial charge in [0.05, 0.1) is 12.7 Å². The zero-order valence-electron chi connectivity index (χ0n) is 8.03. The van der Waals surface area contributed by atoms with Gasteiger partial charge in [-0.05, 0) is 17.7 Å². The summed E-state index contributed by atoms with van der Waals surface area (Å²) in [6.45, 7) is 1.89. The van der Waals surface area contributed by atoms with Crippen LogP contribution in [0.3, 0.4) is 0 Å². The Balaban J connectivity index is 2.27. The maximum absolute atomic E-state index is 13.1. The van der Waals surface area contributed by atoms with Crippen molar-refractivity contribution in [3.05, 3.63) is 23.5 Å². The second-order valence-corrected chi connectivity index (χ2v) is 3.43. The molecular formula is C10H12FNO3. The Morgan fingerprint density at radius 1 is 1.40 bits per heavy atom. The molecule has 1 unspecified atom stereocenters. The van der Waals surface area contributed by atoms with Gasteiger partial charge in [-0.3, -0.25) is 0 Å². The topological polar surface area (TPSA) is 61.7 Å². The van der Waals surface area contributed by atoms with E-state index in [0.29, 0.717) is 18.7 Å². The summed E-state index contributed by atoms with van der Waals surface area (Å²) in [5, 5.41) is 21.4. The zero-order chi connectivity index (χ0) is 10.8. The van der Waals surface area contributed by atoms with Crippen LogP contribution in [-0.2, 0) is 4.74 Å². The van der Waals surface area contributed by atoms with Crippen LogP contribution in [0.25, 0.3) is 0 Å². The highest BCUT2D eigenvalue weighted by Gasteiger charge is 2.19. The average Bonchev–Trinajstić information content (AvgIpc) is 2.26. The monoisotopic (exact) mass is 213 g/mol. The fourth-order valence-electron chi connectivity index (χ4n) is 1.57. The molecule has 5 heteroatoms. The van der Waals surface area contributed by atoms with Gasteiger partial charge in [0.25, 0.3) is 0 Å². The summed E-state index contributed by atoms with van der Waals surface area (Å²) in [6.07, 6.45) is -0.278. The van der Waals surface area contributed by atoms with E-state index in [1.807, 2.05) is 0 Å². The number of rotatable bonds is 1. The first kappa shape index (κ1) is 10.2. The predicted molar refractivity (Wildman–Crippen MR) is 51.3 cm³/mol. The summed E-state index contributed by atoms with van der Waals surface area (Å²) in [7, 11) is 0. The molecule has 0 saturated carbocycles. The summed E-state index contributed by atoms with van der Waals surface area (Å²) in [5.41, 5.74) is 0.523. The molecule has 82 valence electrons. The van der Waals surface area contributed by atoms with Gasteiger partial charge in [-0.15, -0.1) is 0 Å². The van der Waals surface area contributed by atoms with E-state index in [4.69, 9.17) is 9.84 Å². The van der Waals surface area contributed by atoms with Gasteiger partial charge in [0.2, 0.25) is 0 Å². The Kier molecular flexibility index (Phi) is 2.75. The van der Waals surface area contributed by atoms with Crippen LogP contribution in [0.5, 0.6) is 11.5 Å². The second-order valence-electron chi connectivity index (χ2n) is 3.43. The lowest BCUT2D eigenvalue weighted by Gasteiger charge is -2.24. The van der Waals surface area contributed by atoms with Crippen LogP contribution >= 0.6 is 0 Å². The largest absolute Gasteiger partial charge is 0.504 e. The van der Waals surface area contributed by atoms with Crippen LogP contribution < -0.4 is 5.32 Å². The van der Waals surface area contributed by atoms with Crippen molar-refractivity contribution < 1.29 is 19.3 Å². The minimum absolute atomic E-state index is 0.278. The molecule has 1 heterocycles. The Morgan fingerprint density at radius 2 is 2.20 bits per heavy atom. The van der Waals surface area contributed by atoms with E-state index in [1.54, 1.807) is 0 Å². The summed E-state index contributed by atoms with van der Waals surface area (Å²) in [6, 6.07) is 2.49. The van der Waals surface area contributed by atoms with E-state index >= 15 is 0 Å². The van der Waals surface area contributed by atoms with Crippen LogP contribution in [0.1, 0.15) is 11.7 Å². The number of aromatic hydroxyl groups is 2. The average molecular weight is 213 g/mol. The van der Waals surface area contributed by atoms with Crippen molar-refractivity contribution in [2.45, 2.75) is 6.10 Å². The molecule has 2 rings (SSSR count). The van der Waals surface area contributed by atoms with Gasteiger partial charge in [0.1, 0.15) is 0 Å². The number of phenols is 2. The maximum atomic E-state index is 13.1. The zero-order valence-corrected chi connectivity index (χ0v) is 8.03. The summed E-state index contributed by atoms with van der Waals surface area (Å²) >= 11 is 0. The molecule has 0 aliphatic carbocycles. The summed E-state index contributed by atoms with van der Waals surface area (Å²) in [5.74, 6) is -2.01. The van der Waals surface area contributed by atoms with Crippen molar-refractivity contribution in [3.8, 4) is 11.5 Å². The van der Waals surface area contributed by atoms with Crippen molar-refractivity contribution in [2.24, 2.45) is 0 Å². The molecule has 1 atom stereocenters. The number of hydrogen-bond acceptors (Lipinski definition) is 4. The van der Waals surface area contributed by atoms with Crippen LogP contribution in [-0.4, -0.2) is 29.9 Å². The van der Waals surface area contributed by atoms with Gasteiger partial charge >= 0.3 is 0 Å². The lowest BCUT2D eigenvalue weighted by molar-refractivity contribution is 0.0273. The molecular weight excluding hydrogens is 201 g/mol. The van der Waals surface area contributed by atoms with E-state index in [0.717, 1.165) is 6.54 Å². The van der Waals surface area contributed by atoms with Crippen molar-refractivity contribution >= 4 is 0 Å². The summed E-state index contributed by atoms with van der Waals surface area (Å²) in [4.78, 5) is 0. The number of benzene rings is 1. The number of halogens is 1. The first-order valence-corrected chi connectivity index (χ1v) is 4.72. The van der Waals surface area contributed by atoms with Gasteiger partial charge in [0, 0.05) is 13.1 Å². The van der Waals surface area contributed by atoms with E-state index in [9.17, 15) is 9.50 Å². The fraction of sp³-hybridized carbons (Fsp3) is 0.400. The molecule has 4 nitrogen and oxygen atoms in total. The van der Waals surface area contributed by atoms with Crippen molar-refractivity contribution in [3.63, 3.8) is 0 Å². The van der Waals surface area contributed by atoms with Gasteiger partial charge in [0.15, 0.2) is 17.3 Å². The first-order chi connectivity index (χ1) is 7.18. The quantitative estimate of drug-likeness (QED) is 0.606. The standard InChI is InChI=1S/C10H12FNO3/c11-7-3-6(4-8(13)10(7)14)9-5-12-1-2-15-9/h3-4,9,12-14H,1-2,5H2. The minimum Gasteiger partial charge on any atom is -0.504 e. The van der Waals surface area contributed by atoms with E-state index in [1.165, 1.54) is 12.1 Å². The molecule has 1 aliphatic heterocycles. The maximum Gasteiger partial charge on any atom is 0.194 e. The number of hydrogen-bond donors (Lipinski definition) is 3. The highest BCUT2D eigenvalue weighted by Crippen LogP contribution is 2.32. The summed E-state index contributed by atoms with van der Waals surface area (Å²) < 4.78 is 18.5. The van der Waals surface area contributed by atoms with Crippen molar-refractivity contribution in [1.82, 2.24) is 5.32 Å². The number of nitrogens with one attached hydrogen (secondary N) is 1. The van der Waals surface area contributed by atoms with Crippen LogP contribution in [0.2, 0.25) is 0 Å². The predicted octanol–water partition coefficient (Wildman–Crippen LogP) is 0.898. The molecule has 3 N–H and O–H groups in total. The molecule has 0 spiro atoms. The van der Waals surface area contributed by atoms with Gasteiger partial charge in [-0.2, -0.15) is 0 Å². The number of ether oxygens (including phenoxy) is 1. The molecule has 15 heavy (non-hydrogen) atoms. The lowest BCUT2D eigenvalue weighted by Crippen LogP contribution is -2.33. The first-order valence-electron chi connectivity index (χ1n) is 4.72. The normalized spacial score (nSPS) is 21.5. The van der Waals surface area contributed by atoms with Crippen LogP contribution in [0, 0.1) is 5.82 Å². The van der Waals surface area contributed by atoms with Gasteiger partial charge in [-0.25, -0.2) is 4.39 Å². The Morgan fingerprint density at radius 3 is 2.80 bits per heavy atom. The molecule has 1 aliphatic rings. The Labute approximate surface area is 86.3 Å².